The maximum absolute atomic E-state index is 10.5. The summed E-state index contributed by atoms with van der Waals surface area (Å²) < 4.78 is 16.6. The number of nitrogens with zero attached hydrogens (tertiary/aromatic N) is 1. The van der Waals surface area contributed by atoms with Crippen molar-refractivity contribution >= 4 is 35.0 Å². The van der Waals surface area contributed by atoms with E-state index in [2.05, 4.69) is 4.52 Å². The molecule has 11 heavy (non-hydrogen) atoms. The quantitative estimate of drug-likeness (QED) is 0.282. The van der Waals surface area contributed by atoms with Crippen LogP contribution in [0.4, 0.5) is 0 Å². The summed E-state index contributed by atoms with van der Waals surface area (Å²) in [4.78, 5) is 0. The van der Waals surface area contributed by atoms with Gasteiger partial charge in [0.2, 0.25) is 0 Å². The van der Waals surface area contributed by atoms with E-state index in [0.717, 1.165) is 6.54 Å². The molecule has 0 spiro atoms. The highest BCUT2D eigenvalue weighted by molar-refractivity contribution is 8.05. The third kappa shape index (κ3) is 10.6. The standard InChI is InChI=1S/C4H9Cl2NO2P.ClH/c1-3-7(2)4-9-10(5,6)8;/h4H,3H2,1-2H3;1H/q+1;/p-1. The summed E-state index contributed by atoms with van der Waals surface area (Å²) >= 11 is 10.2. The molecule has 0 amide bonds. The third-order valence-electron chi connectivity index (χ3n) is 0.849. The summed E-state index contributed by atoms with van der Waals surface area (Å²) in [7, 11) is 1.75. The molecule has 0 unspecified atom stereocenters. The molecule has 0 aromatic rings. The second-order valence-corrected chi connectivity index (χ2v) is 5.93. The van der Waals surface area contributed by atoms with E-state index >= 15 is 0 Å². The van der Waals surface area contributed by atoms with E-state index in [-0.39, 0.29) is 12.4 Å². The lowest BCUT2D eigenvalue weighted by atomic mass is 10.7. The van der Waals surface area contributed by atoms with Crippen LogP contribution in [0.5, 0.6) is 0 Å². The highest BCUT2D eigenvalue weighted by atomic mass is 35.9. The lowest BCUT2D eigenvalue weighted by Crippen LogP contribution is -3.00. The van der Waals surface area contributed by atoms with Crippen LogP contribution in [-0.4, -0.2) is 24.6 Å². The second-order valence-electron chi connectivity index (χ2n) is 1.70. The Morgan fingerprint density at radius 1 is 1.64 bits per heavy atom. The van der Waals surface area contributed by atoms with Gasteiger partial charge in [-0.05, 0) is 6.92 Å². The average Bonchev–Trinajstić information content (AvgIpc) is 1.81. The van der Waals surface area contributed by atoms with Gasteiger partial charge in [0.15, 0.2) is 0 Å². The minimum atomic E-state index is -3.39. The predicted octanol–water partition coefficient (Wildman–Crippen LogP) is -0.717. The minimum absolute atomic E-state index is 0. The third-order valence-corrected chi connectivity index (χ3v) is 1.67. The fourth-order valence-corrected chi connectivity index (χ4v) is 0.694. The molecule has 0 bridgehead atoms. The Hall–Kier alpha value is 0.570. The van der Waals surface area contributed by atoms with Crippen molar-refractivity contribution in [3.8, 4) is 0 Å². The molecule has 0 aliphatic heterocycles. The zero-order chi connectivity index (χ0) is 8.20. The van der Waals surface area contributed by atoms with Gasteiger partial charge in [-0.25, -0.2) is 9.14 Å². The summed E-state index contributed by atoms with van der Waals surface area (Å²) in [5, 5.41) is 0. The van der Waals surface area contributed by atoms with Gasteiger partial charge in [0.25, 0.3) is 0 Å². The maximum Gasteiger partial charge on any atom is 0.431 e. The molecule has 0 aromatic carbocycles. The summed E-state index contributed by atoms with van der Waals surface area (Å²) in [5.74, 6) is 0. The average molecular weight is 240 g/mol. The molecular weight excluding hydrogens is 231 g/mol. The lowest BCUT2D eigenvalue weighted by molar-refractivity contribution is -0.494. The SMILES string of the molecule is CC[N+](C)=COP(=O)(Cl)Cl.[Cl-]. The molecule has 0 saturated carbocycles. The van der Waals surface area contributed by atoms with Gasteiger partial charge in [-0.15, -0.1) is 0 Å². The van der Waals surface area contributed by atoms with Crippen molar-refractivity contribution in [3.63, 3.8) is 0 Å². The molecule has 0 aromatic heterocycles. The summed E-state index contributed by atoms with van der Waals surface area (Å²) in [6.45, 7) is 2.65. The molecule has 0 atom stereocenters. The first-order valence-electron chi connectivity index (χ1n) is 2.67. The molecule has 0 radical (unpaired) electrons. The first kappa shape index (κ1) is 14.1. The highest BCUT2D eigenvalue weighted by Crippen LogP contribution is 2.56. The van der Waals surface area contributed by atoms with E-state index in [4.69, 9.17) is 22.5 Å². The molecule has 0 aliphatic rings. The van der Waals surface area contributed by atoms with E-state index < -0.39 is 6.07 Å². The molecule has 0 fully saturated rings. The number of hydrogen-bond acceptors (Lipinski definition) is 2. The Labute approximate surface area is 81.8 Å². The normalized spacial score (nSPS) is 12.2. The molecule has 0 N–H and O–H groups in total. The Kier molecular flexibility index (Phi) is 7.86. The van der Waals surface area contributed by atoms with Crippen molar-refractivity contribution in [2.24, 2.45) is 0 Å². The van der Waals surface area contributed by atoms with E-state index in [1.807, 2.05) is 6.92 Å². The van der Waals surface area contributed by atoms with Crippen LogP contribution in [0.15, 0.2) is 0 Å². The van der Waals surface area contributed by atoms with Gasteiger partial charge in [-0.1, -0.05) is 0 Å². The van der Waals surface area contributed by atoms with Gasteiger partial charge >= 0.3 is 12.5 Å². The van der Waals surface area contributed by atoms with E-state index in [1.165, 1.54) is 6.40 Å². The van der Waals surface area contributed by atoms with Crippen molar-refractivity contribution in [2.45, 2.75) is 6.92 Å². The van der Waals surface area contributed by atoms with Gasteiger partial charge in [0.05, 0.1) is 0 Å². The van der Waals surface area contributed by atoms with E-state index in [9.17, 15) is 4.57 Å². The van der Waals surface area contributed by atoms with Crippen LogP contribution in [0.3, 0.4) is 0 Å². The van der Waals surface area contributed by atoms with Gasteiger partial charge in [-0.2, -0.15) is 0 Å². The van der Waals surface area contributed by atoms with Crippen LogP contribution < -0.4 is 12.4 Å². The fraction of sp³-hybridized carbons (Fsp3) is 0.750. The summed E-state index contributed by atoms with van der Waals surface area (Å²) in [6.07, 6.45) is -2.15. The second kappa shape index (κ2) is 6.13. The zero-order valence-corrected chi connectivity index (χ0v) is 9.29. The lowest BCUT2D eigenvalue weighted by Gasteiger charge is -1.96. The fourth-order valence-electron chi connectivity index (χ4n) is 0.210. The van der Waals surface area contributed by atoms with Crippen LogP contribution in [0.1, 0.15) is 6.92 Å². The maximum atomic E-state index is 10.5. The van der Waals surface area contributed by atoms with E-state index in [0.29, 0.717) is 0 Å². The van der Waals surface area contributed by atoms with Gasteiger partial charge in [0.1, 0.15) is 13.6 Å². The van der Waals surface area contributed by atoms with Gasteiger partial charge in [0, 0.05) is 22.5 Å². The topological polar surface area (TPSA) is 29.3 Å². The molecule has 0 rings (SSSR count). The molecule has 3 nitrogen and oxygen atoms in total. The monoisotopic (exact) mass is 239 g/mol. The van der Waals surface area contributed by atoms with Crippen LogP contribution in [0, 0.1) is 0 Å². The Balaban J connectivity index is 0. The van der Waals surface area contributed by atoms with Crippen molar-refractivity contribution in [1.29, 1.82) is 0 Å². The summed E-state index contributed by atoms with van der Waals surface area (Å²) in [6, 6.07) is 0. The number of hydrogen-bond donors (Lipinski definition) is 0. The van der Waals surface area contributed by atoms with E-state index in [1.54, 1.807) is 11.6 Å². The van der Waals surface area contributed by atoms with Crippen LogP contribution in [0.2, 0.25) is 0 Å². The van der Waals surface area contributed by atoms with Crippen molar-refractivity contribution < 1.29 is 26.1 Å². The first-order chi connectivity index (χ1) is 4.45. The predicted molar refractivity (Wildman–Crippen MR) is 43.2 cm³/mol. The van der Waals surface area contributed by atoms with Gasteiger partial charge < -0.3 is 16.9 Å². The number of rotatable bonds is 3. The van der Waals surface area contributed by atoms with Crippen molar-refractivity contribution in [3.05, 3.63) is 0 Å². The molecule has 68 valence electrons. The molecular formula is C4H9Cl3NO2P. The minimum Gasteiger partial charge on any atom is -1.00 e. The van der Waals surface area contributed by atoms with Crippen LogP contribution in [0.25, 0.3) is 0 Å². The first-order valence-corrected chi connectivity index (χ1v) is 6.10. The number of halogens is 3. The summed E-state index contributed by atoms with van der Waals surface area (Å²) in [5.41, 5.74) is 0. The Morgan fingerprint density at radius 3 is 2.36 bits per heavy atom. The molecule has 0 heterocycles. The molecule has 0 aliphatic carbocycles. The van der Waals surface area contributed by atoms with Crippen molar-refractivity contribution in [1.82, 2.24) is 0 Å². The van der Waals surface area contributed by atoms with Gasteiger partial charge in [-0.3, -0.25) is 0 Å². The molecule has 0 saturated heterocycles. The van der Waals surface area contributed by atoms with Crippen LogP contribution in [-0.2, 0) is 9.09 Å². The highest BCUT2D eigenvalue weighted by Gasteiger charge is 2.14. The van der Waals surface area contributed by atoms with Crippen LogP contribution >= 0.6 is 28.6 Å². The molecule has 7 heteroatoms. The largest absolute Gasteiger partial charge is 1.00 e. The Morgan fingerprint density at radius 2 is 2.09 bits per heavy atom. The van der Waals surface area contributed by atoms with Crippen molar-refractivity contribution in [2.75, 3.05) is 13.6 Å². The Bertz CT molecular complexity index is 178. The smallest absolute Gasteiger partial charge is 0.431 e. The zero-order valence-electron chi connectivity index (χ0n) is 6.13.